The average molecular weight is 659 g/mol. The molecular formula is C32H36ClFN4O4S2. The van der Waals surface area contributed by atoms with Crippen LogP contribution < -0.4 is 18.7 Å². The van der Waals surface area contributed by atoms with Gasteiger partial charge < -0.3 is 14.4 Å². The predicted octanol–water partition coefficient (Wildman–Crippen LogP) is 7.01. The van der Waals surface area contributed by atoms with Crippen LogP contribution in [0.25, 0.3) is 0 Å². The Morgan fingerprint density at radius 2 is 1.91 bits per heavy atom. The third kappa shape index (κ3) is 6.51. The summed E-state index contributed by atoms with van der Waals surface area (Å²) in [6, 6.07) is 18.3. The molecule has 0 aliphatic carbocycles. The number of ether oxygens (including phenoxy) is 2. The molecule has 0 saturated carbocycles. The largest absolute Gasteiger partial charge is 0.497 e. The molecule has 2 atom stereocenters. The van der Waals surface area contributed by atoms with E-state index in [1.807, 2.05) is 18.0 Å². The van der Waals surface area contributed by atoms with Gasteiger partial charge >= 0.3 is 0 Å². The number of likely N-dealkylation sites (N-methyl/N-ethyl adjacent to an activating group) is 1. The van der Waals surface area contributed by atoms with Crippen molar-refractivity contribution in [1.82, 2.24) is 9.88 Å². The van der Waals surface area contributed by atoms with Crippen molar-refractivity contribution in [3.8, 4) is 11.5 Å². The molecular weight excluding hydrogens is 623 g/mol. The second-order valence-corrected chi connectivity index (χ2v) is 13.6. The summed E-state index contributed by atoms with van der Waals surface area (Å²) in [6.07, 6.45) is 1.85. The van der Waals surface area contributed by atoms with Gasteiger partial charge in [0.15, 0.2) is 5.82 Å². The number of likely N-dealkylation sites (tertiary alicyclic amines) is 1. The van der Waals surface area contributed by atoms with Crippen molar-refractivity contribution in [3.05, 3.63) is 93.5 Å². The first-order valence-electron chi connectivity index (χ1n) is 14.3. The van der Waals surface area contributed by atoms with E-state index in [4.69, 9.17) is 21.1 Å². The number of aromatic nitrogens is 1. The Morgan fingerprint density at radius 3 is 2.57 bits per heavy atom. The molecule has 234 valence electrons. The molecule has 0 radical (unpaired) electrons. The molecule has 1 saturated heterocycles. The van der Waals surface area contributed by atoms with E-state index in [1.165, 1.54) is 48.8 Å². The van der Waals surface area contributed by atoms with E-state index in [1.54, 1.807) is 23.6 Å². The Morgan fingerprint density at radius 1 is 1.14 bits per heavy atom. The van der Waals surface area contributed by atoms with Gasteiger partial charge in [0.2, 0.25) is 0 Å². The molecule has 2 heterocycles. The lowest BCUT2D eigenvalue weighted by Crippen LogP contribution is -2.36. The summed E-state index contributed by atoms with van der Waals surface area (Å²) in [7, 11) is 0.471. The van der Waals surface area contributed by atoms with Crippen LogP contribution in [0.15, 0.2) is 76.4 Å². The van der Waals surface area contributed by atoms with E-state index >= 15 is 4.39 Å². The van der Waals surface area contributed by atoms with Gasteiger partial charge in [0.25, 0.3) is 10.0 Å². The monoisotopic (exact) mass is 658 g/mol. The third-order valence-corrected chi connectivity index (χ3v) is 10.8. The lowest BCUT2D eigenvalue weighted by Gasteiger charge is -2.31. The molecule has 1 fully saturated rings. The van der Waals surface area contributed by atoms with Gasteiger partial charge in [-0.3, -0.25) is 4.90 Å². The highest BCUT2D eigenvalue weighted by atomic mass is 35.5. The number of anilines is 2. The molecule has 4 aromatic rings. The lowest BCUT2D eigenvalue weighted by molar-refractivity contribution is 0.236. The molecule has 1 aliphatic rings. The quantitative estimate of drug-likeness (QED) is 0.162. The van der Waals surface area contributed by atoms with Crippen LogP contribution in [0, 0.1) is 5.82 Å². The third-order valence-electron chi connectivity index (χ3n) is 8.19. The molecule has 3 aromatic carbocycles. The number of thiazole rings is 1. The summed E-state index contributed by atoms with van der Waals surface area (Å²) < 4.78 is 55.8. The van der Waals surface area contributed by atoms with Gasteiger partial charge in [-0.25, -0.2) is 22.1 Å². The van der Waals surface area contributed by atoms with Crippen molar-refractivity contribution in [1.29, 1.82) is 0 Å². The van der Waals surface area contributed by atoms with E-state index in [-0.39, 0.29) is 29.5 Å². The van der Waals surface area contributed by atoms with Gasteiger partial charge in [0.05, 0.1) is 37.0 Å². The average Bonchev–Trinajstić information content (AvgIpc) is 3.74. The van der Waals surface area contributed by atoms with Crippen LogP contribution in [0.5, 0.6) is 11.5 Å². The molecule has 8 nitrogen and oxygen atoms in total. The fraction of sp³-hybridized carbons (Fsp3) is 0.344. The van der Waals surface area contributed by atoms with E-state index in [0.717, 1.165) is 30.2 Å². The molecule has 44 heavy (non-hydrogen) atoms. The summed E-state index contributed by atoms with van der Waals surface area (Å²) in [5, 5.41) is 1.75. The fourth-order valence-electron chi connectivity index (χ4n) is 5.80. The number of hydrogen-bond acceptors (Lipinski definition) is 8. The van der Waals surface area contributed by atoms with Gasteiger partial charge in [-0.05, 0) is 36.6 Å². The number of halogens is 2. The molecule has 0 amide bonds. The maximum Gasteiger partial charge on any atom is 0.268 e. The van der Waals surface area contributed by atoms with Crippen molar-refractivity contribution >= 4 is 44.5 Å². The van der Waals surface area contributed by atoms with Crippen molar-refractivity contribution < 1.29 is 22.3 Å². The zero-order valence-electron chi connectivity index (χ0n) is 25.1. The van der Waals surface area contributed by atoms with Crippen molar-refractivity contribution in [3.63, 3.8) is 0 Å². The number of methoxy groups -OCH3 is 2. The number of nitrogens with zero attached hydrogens (tertiary/aromatic N) is 4. The van der Waals surface area contributed by atoms with Crippen LogP contribution in [-0.4, -0.2) is 58.7 Å². The minimum absolute atomic E-state index is 0.0844. The van der Waals surface area contributed by atoms with Crippen molar-refractivity contribution in [2.45, 2.75) is 43.3 Å². The molecule has 1 aromatic heterocycles. The second-order valence-electron chi connectivity index (χ2n) is 10.7. The zero-order chi connectivity index (χ0) is 31.4. The number of hydrogen-bond donors (Lipinski definition) is 0. The fourth-order valence-corrected chi connectivity index (χ4v) is 8.24. The van der Waals surface area contributed by atoms with Gasteiger partial charge in [-0.15, -0.1) is 11.3 Å². The zero-order valence-corrected chi connectivity index (χ0v) is 27.5. The van der Waals surface area contributed by atoms with E-state index in [0.29, 0.717) is 22.7 Å². The van der Waals surface area contributed by atoms with E-state index < -0.39 is 20.7 Å². The standard InChI is InChI=1S/C32H36ClFN4O4S2/c1-5-28(22-9-7-6-8-10-22)37-14-13-24(19-37)36(2)29-17-27(34)31(16-26(29)33)44(39,40)38(32-20-43-21-35-32)18-23-11-12-25(41-3)15-30(23)42-4/h6-12,15-17,20-21,24,28H,5,13-14,18-19H2,1-4H3/t24-,28-/m0/s1. The van der Waals surface area contributed by atoms with Gasteiger partial charge in [-0.2, -0.15) is 0 Å². The maximum atomic E-state index is 15.9. The van der Waals surface area contributed by atoms with Gasteiger partial charge in [-0.1, -0.05) is 48.9 Å². The summed E-state index contributed by atoms with van der Waals surface area (Å²) >= 11 is 7.96. The smallest absolute Gasteiger partial charge is 0.268 e. The molecule has 5 rings (SSSR count). The number of sulfonamides is 1. The first-order chi connectivity index (χ1) is 21.2. The Labute approximate surface area is 267 Å². The van der Waals surface area contributed by atoms with Crippen LogP contribution in [0.1, 0.15) is 36.9 Å². The summed E-state index contributed by atoms with van der Waals surface area (Å²) in [6.45, 7) is 3.71. The Hall–Kier alpha value is -3.38. The van der Waals surface area contributed by atoms with Crippen molar-refractivity contribution in [2.75, 3.05) is 43.6 Å². The Balaban J connectivity index is 1.41. The highest BCUT2D eigenvalue weighted by molar-refractivity contribution is 7.92. The van der Waals surface area contributed by atoms with E-state index in [9.17, 15) is 8.42 Å². The predicted molar refractivity (Wildman–Crippen MR) is 174 cm³/mol. The van der Waals surface area contributed by atoms with Gasteiger partial charge in [0.1, 0.15) is 22.2 Å². The highest BCUT2D eigenvalue weighted by Crippen LogP contribution is 2.37. The molecule has 0 N–H and O–H groups in total. The highest BCUT2D eigenvalue weighted by Gasteiger charge is 2.34. The van der Waals surface area contributed by atoms with Crippen LogP contribution in [0.4, 0.5) is 15.9 Å². The van der Waals surface area contributed by atoms with E-state index in [2.05, 4.69) is 41.1 Å². The van der Waals surface area contributed by atoms with Crippen LogP contribution in [0.2, 0.25) is 5.02 Å². The molecule has 0 unspecified atom stereocenters. The van der Waals surface area contributed by atoms with Crippen LogP contribution in [0.3, 0.4) is 0 Å². The Kier molecular flexibility index (Phi) is 9.99. The number of rotatable bonds is 12. The summed E-state index contributed by atoms with van der Waals surface area (Å²) in [5.74, 6) is 0.267. The first kappa shape index (κ1) is 32.0. The maximum absolute atomic E-state index is 15.9. The van der Waals surface area contributed by atoms with Crippen LogP contribution in [-0.2, 0) is 16.6 Å². The normalized spacial score (nSPS) is 16.1. The Bertz CT molecular complexity index is 1680. The molecule has 0 spiro atoms. The SMILES string of the molecule is CC[C@@H](c1ccccc1)N1CC[C@H](N(C)c2cc(F)c(S(=O)(=O)N(Cc3ccc(OC)cc3OC)c3cscn3)cc2Cl)C1. The van der Waals surface area contributed by atoms with Gasteiger partial charge in [0, 0.05) is 55.3 Å². The number of benzene rings is 3. The minimum Gasteiger partial charge on any atom is -0.497 e. The summed E-state index contributed by atoms with van der Waals surface area (Å²) in [4.78, 5) is 8.10. The topological polar surface area (TPSA) is 75.2 Å². The first-order valence-corrected chi connectivity index (χ1v) is 17.1. The molecule has 12 heteroatoms. The van der Waals surface area contributed by atoms with Crippen LogP contribution >= 0.6 is 22.9 Å². The summed E-state index contributed by atoms with van der Waals surface area (Å²) in [5.41, 5.74) is 3.80. The molecule has 0 bridgehead atoms. The minimum atomic E-state index is -4.43. The second kappa shape index (κ2) is 13.7. The lowest BCUT2D eigenvalue weighted by atomic mass is 10.0. The van der Waals surface area contributed by atoms with Crippen molar-refractivity contribution in [2.24, 2.45) is 0 Å². The molecule has 1 aliphatic heterocycles.